The van der Waals surface area contributed by atoms with Crippen LogP contribution in [-0.4, -0.2) is 34.0 Å². The highest BCUT2D eigenvalue weighted by atomic mass is 35.5. The van der Waals surface area contributed by atoms with Crippen molar-refractivity contribution in [2.75, 3.05) is 19.7 Å². The third kappa shape index (κ3) is 5.67. The first-order valence-corrected chi connectivity index (χ1v) is 8.56. The lowest BCUT2D eigenvalue weighted by atomic mass is 10.3. The van der Waals surface area contributed by atoms with Gasteiger partial charge in [0.05, 0.1) is 9.92 Å². The molecule has 1 amide bonds. The molecule has 2 N–H and O–H groups in total. The summed E-state index contributed by atoms with van der Waals surface area (Å²) in [6.07, 6.45) is 2.24. The summed E-state index contributed by atoms with van der Waals surface area (Å²) in [6.45, 7) is 5.82. The first-order valence-electron chi connectivity index (χ1n) is 6.70. The Morgan fingerprint density at radius 1 is 1.45 bits per heavy atom. The highest BCUT2D eigenvalue weighted by Crippen LogP contribution is 2.27. The molecule has 0 aromatic heterocycles. The Labute approximate surface area is 135 Å². The second-order valence-corrected chi connectivity index (χ2v) is 6.55. The second-order valence-electron chi connectivity index (χ2n) is 4.37. The minimum atomic E-state index is -3.59. The molecule has 0 bridgehead atoms. The standard InChI is InChI=1S/C14H19ClN2O4S/c1-3-7-16-14(18)10-21-13-6-5-11(9-12(13)15)22(19,20)17-8-4-2/h3,5-6,9,17H,1,4,7-8,10H2,2H3,(H,16,18). The number of hydrogen-bond donors (Lipinski definition) is 2. The third-order valence-corrected chi connectivity index (χ3v) is 4.31. The van der Waals surface area contributed by atoms with Crippen molar-refractivity contribution in [3.63, 3.8) is 0 Å². The van der Waals surface area contributed by atoms with Crippen LogP contribution in [0, 0.1) is 0 Å². The number of carbonyl (C=O) groups excluding carboxylic acids is 1. The van der Waals surface area contributed by atoms with Gasteiger partial charge < -0.3 is 10.1 Å². The largest absolute Gasteiger partial charge is 0.482 e. The van der Waals surface area contributed by atoms with E-state index in [0.717, 1.165) is 0 Å². The molecule has 0 aliphatic heterocycles. The van der Waals surface area contributed by atoms with Crippen molar-refractivity contribution in [1.29, 1.82) is 0 Å². The monoisotopic (exact) mass is 346 g/mol. The maximum absolute atomic E-state index is 12.0. The van der Waals surface area contributed by atoms with E-state index < -0.39 is 10.0 Å². The SMILES string of the molecule is C=CCNC(=O)COc1ccc(S(=O)(=O)NCCC)cc1Cl. The van der Waals surface area contributed by atoms with Gasteiger partial charge in [-0.3, -0.25) is 4.79 Å². The Hall–Kier alpha value is -1.57. The number of sulfonamides is 1. The van der Waals surface area contributed by atoms with Crippen LogP contribution < -0.4 is 14.8 Å². The van der Waals surface area contributed by atoms with Crippen LogP contribution in [0.25, 0.3) is 0 Å². The molecule has 6 nitrogen and oxygen atoms in total. The van der Waals surface area contributed by atoms with E-state index >= 15 is 0 Å². The van der Waals surface area contributed by atoms with Crippen LogP contribution in [-0.2, 0) is 14.8 Å². The number of hydrogen-bond acceptors (Lipinski definition) is 4. The predicted octanol–water partition coefficient (Wildman–Crippen LogP) is 1.71. The van der Waals surface area contributed by atoms with E-state index in [1.54, 1.807) is 6.08 Å². The van der Waals surface area contributed by atoms with Gasteiger partial charge in [0.15, 0.2) is 6.61 Å². The molecule has 0 aliphatic rings. The van der Waals surface area contributed by atoms with Gasteiger partial charge in [-0.25, -0.2) is 13.1 Å². The molecule has 1 aromatic carbocycles. The Balaban J connectivity index is 2.73. The third-order valence-electron chi connectivity index (χ3n) is 2.56. The maximum atomic E-state index is 12.0. The van der Waals surface area contributed by atoms with E-state index in [1.165, 1.54) is 18.2 Å². The van der Waals surface area contributed by atoms with Gasteiger partial charge in [-0.15, -0.1) is 6.58 Å². The van der Waals surface area contributed by atoms with Crippen molar-refractivity contribution in [1.82, 2.24) is 10.0 Å². The van der Waals surface area contributed by atoms with Crippen molar-refractivity contribution < 1.29 is 17.9 Å². The van der Waals surface area contributed by atoms with Crippen molar-refractivity contribution in [3.05, 3.63) is 35.9 Å². The predicted molar refractivity (Wildman–Crippen MR) is 85.6 cm³/mol. The number of amides is 1. The molecule has 1 rings (SSSR count). The highest BCUT2D eigenvalue weighted by molar-refractivity contribution is 7.89. The van der Waals surface area contributed by atoms with Crippen LogP contribution in [0.2, 0.25) is 5.02 Å². The lowest BCUT2D eigenvalue weighted by Gasteiger charge is -2.10. The van der Waals surface area contributed by atoms with Gasteiger partial charge in [0.25, 0.3) is 5.91 Å². The molecule has 0 spiro atoms. The van der Waals surface area contributed by atoms with Gasteiger partial charge >= 0.3 is 0 Å². The molecular weight excluding hydrogens is 328 g/mol. The minimum Gasteiger partial charge on any atom is -0.482 e. The first-order chi connectivity index (χ1) is 10.4. The molecular formula is C14H19ClN2O4S. The van der Waals surface area contributed by atoms with Crippen molar-refractivity contribution in [3.8, 4) is 5.75 Å². The van der Waals surface area contributed by atoms with E-state index in [2.05, 4.69) is 16.6 Å². The summed E-state index contributed by atoms with van der Waals surface area (Å²) in [6, 6.07) is 4.08. The van der Waals surface area contributed by atoms with Gasteiger partial charge in [-0.1, -0.05) is 24.6 Å². The smallest absolute Gasteiger partial charge is 0.258 e. The molecule has 1 aromatic rings. The van der Waals surface area contributed by atoms with Crippen LogP contribution in [0.1, 0.15) is 13.3 Å². The summed E-state index contributed by atoms with van der Waals surface area (Å²) >= 11 is 5.99. The van der Waals surface area contributed by atoms with Gasteiger partial charge in [-0.05, 0) is 24.6 Å². The number of nitrogens with one attached hydrogen (secondary N) is 2. The van der Waals surface area contributed by atoms with Gasteiger partial charge in [-0.2, -0.15) is 0 Å². The minimum absolute atomic E-state index is 0.0504. The molecule has 0 saturated heterocycles. The Bertz CT molecular complexity index is 632. The summed E-state index contributed by atoms with van der Waals surface area (Å²) in [5, 5.41) is 2.67. The van der Waals surface area contributed by atoms with Gasteiger partial charge in [0, 0.05) is 13.1 Å². The summed E-state index contributed by atoms with van der Waals surface area (Å²) in [4.78, 5) is 11.4. The van der Waals surface area contributed by atoms with Crippen LogP contribution in [0.5, 0.6) is 5.75 Å². The van der Waals surface area contributed by atoms with Crippen molar-refractivity contribution >= 4 is 27.5 Å². The Morgan fingerprint density at radius 3 is 2.77 bits per heavy atom. The molecule has 0 radical (unpaired) electrons. The fraction of sp³-hybridized carbons (Fsp3) is 0.357. The van der Waals surface area contributed by atoms with Crippen LogP contribution in [0.3, 0.4) is 0 Å². The molecule has 8 heteroatoms. The normalized spacial score (nSPS) is 11.0. The molecule has 0 heterocycles. The maximum Gasteiger partial charge on any atom is 0.258 e. The molecule has 22 heavy (non-hydrogen) atoms. The average Bonchev–Trinajstić information content (AvgIpc) is 2.49. The van der Waals surface area contributed by atoms with E-state index in [1.807, 2.05) is 6.92 Å². The van der Waals surface area contributed by atoms with Crippen molar-refractivity contribution in [2.24, 2.45) is 0 Å². The number of ether oxygens (including phenoxy) is 1. The Morgan fingerprint density at radius 2 is 2.18 bits per heavy atom. The summed E-state index contributed by atoms with van der Waals surface area (Å²) in [7, 11) is -3.59. The van der Waals surface area contributed by atoms with E-state index in [9.17, 15) is 13.2 Å². The van der Waals surface area contributed by atoms with E-state index in [0.29, 0.717) is 19.5 Å². The Kier molecular flexibility index (Phi) is 7.37. The molecule has 0 atom stereocenters. The topological polar surface area (TPSA) is 84.5 Å². The lowest BCUT2D eigenvalue weighted by Crippen LogP contribution is -2.28. The quantitative estimate of drug-likeness (QED) is 0.667. The van der Waals surface area contributed by atoms with Crippen LogP contribution >= 0.6 is 11.6 Å². The highest BCUT2D eigenvalue weighted by Gasteiger charge is 2.15. The molecule has 0 unspecified atom stereocenters. The number of rotatable bonds is 9. The molecule has 0 fully saturated rings. The van der Waals surface area contributed by atoms with Gasteiger partial charge in [0.1, 0.15) is 5.75 Å². The number of carbonyl (C=O) groups is 1. The zero-order valence-electron chi connectivity index (χ0n) is 12.3. The average molecular weight is 347 g/mol. The number of halogens is 1. The van der Waals surface area contributed by atoms with Crippen LogP contribution in [0.15, 0.2) is 35.7 Å². The second kappa shape index (κ2) is 8.77. The van der Waals surface area contributed by atoms with Crippen molar-refractivity contribution in [2.45, 2.75) is 18.2 Å². The summed E-state index contributed by atoms with van der Waals surface area (Å²) in [5.74, 6) is -0.0814. The number of benzene rings is 1. The zero-order valence-corrected chi connectivity index (χ0v) is 13.8. The molecule has 0 saturated carbocycles. The fourth-order valence-corrected chi connectivity index (χ4v) is 2.93. The molecule has 0 aliphatic carbocycles. The lowest BCUT2D eigenvalue weighted by molar-refractivity contribution is -0.122. The fourth-order valence-electron chi connectivity index (χ4n) is 1.47. The first kappa shape index (κ1) is 18.5. The zero-order chi connectivity index (χ0) is 16.6. The van der Waals surface area contributed by atoms with Crippen LogP contribution in [0.4, 0.5) is 0 Å². The summed E-state index contributed by atoms with van der Waals surface area (Å²) < 4.78 is 31.6. The molecule has 122 valence electrons. The van der Waals surface area contributed by atoms with E-state index in [-0.39, 0.29) is 28.2 Å². The van der Waals surface area contributed by atoms with E-state index in [4.69, 9.17) is 16.3 Å². The van der Waals surface area contributed by atoms with Gasteiger partial charge in [0.2, 0.25) is 10.0 Å². The summed E-state index contributed by atoms with van der Waals surface area (Å²) in [5.41, 5.74) is 0.